The van der Waals surface area contributed by atoms with Gasteiger partial charge in [0.2, 0.25) is 0 Å². The van der Waals surface area contributed by atoms with Crippen molar-refractivity contribution in [2.75, 3.05) is 6.61 Å². The molecule has 4 rings (SSSR count). The number of benzene rings is 3. The molecule has 0 aliphatic carbocycles. The third-order valence-corrected chi connectivity index (χ3v) is 5.32. The Kier molecular flexibility index (Phi) is 6.71. The number of nitrogens with zero attached hydrogens (tertiary/aromatic N) is 2. The van der Waals surface area contributed by atoms with Crippen LogP contribution in [-0.4, -0.2) is 16.6 Å². The molecule has 166 valence electrons. The standard InChI is InChI=1S/C25H18BrF2N3O2/c1-2-32-23-11-16(10-20(26)24(23)33-14-15-4-3-5-18(27)9-15)8-17(13-29)25-30-21-7-6-19(28)12-22(21)31-25/h3-12H,2,14H2,1H3,(H,30,31)/b17-8-. The number of ether oxygens (including phenoxy) is 2. The number of rotatable bonds is 7. The summed E-state index contributed by atoms with van der Waals surface area (Å²) >= 11 is 3.50. The van der Waals surface area contributed by atoms with Gasteiger partial charge in [-0.15, -0.1) is 0 Å². The lowest BCUT2D eigenvalue weighted by atomic mass is 10.1. The topological polar surface area (TPSA) is 70.9 Å². The SMILES string of the molecule is CCOc1cc(/C=C(/C#N)c2nc3ccc(F)cc3[nH]2)cc(Br)c1OCc1cccc(F)c1. The first-order chi connectivity index (χ1) is 16.0. The summed E-state index contributed by atoms with van der Waals surface area (Å²) < 4.78 is 39.2. The monoisotopic (exact) mass is 509 g/mol. The fourth-order valence-electron chi connectivity index (χ4n) is 3.29. The molecule has 0 unspecified atom stereocenters. The maximum atomic E-state index is 13.5. The van der Waals surface area contributed by atoms with Crippen LogP contribution in [0.15, 0.2) is 59.1 Å². The highest BCUT2D eigenvalue weighted by Gasteiger charge is 2.14. The third-order valence-electron chi connectivity index (χ3n) is 4.73. The molecule has 8 heteroatoms. The molecule has 0 saturated carbocycles. The van der Waals surface area contributed by atoms with Gasteiger partial charge in [0.05, 0.1) is 27.7 Å². The van der Waals surface area contributed by atoms with Gasteiger partial charge in [0.15, 0.2) is 11.5 Å². The van der Waals surface area contributed by atoms with E-state index in [4.69, 9.17) is 9.47 Å². The molecule has 33 heavy (non-hydrogen) atoms. The summed E-state index contributed by atoms with van der Waals surface area (Å²) in [6, 6.07) is 16.0. The second-order valence-corrected chi connectivity index (χ2v) is 7.95. The normalized spacial score (nSPS) is 11.4. The summed E-state index contributed by atoms with van der Waals surface area (Å²) in [5.74, 6) is 0.547. The van der Waals surface area contributed by atoms with Crippen molar-refractivity contribution in [2.24, 2.45) is 0 Å². The highest BCUT2D eigenvalue weighted by molar-refractivity contribution is 9.10. The molecular weight excluding hydrogens is 492 g/mol. The average molecular weight is 510 g/mol. The number of hydrogen-bond acceptors (Lipinski definition) is 4. The first kappa shape index (κ1) is 22.5. The van der Waals surface area contributed by atoms with Gasteiger partial charge in [-0.3, -0.25) is 0 Å². The largest absolute Gasteiger partial charge is 0.490 e. The zero-order chi connectivity index (χ0) is 23.4. The Morgan fingerprint density at radius 3 is 2.70 bits per heavy atom. The van der Waals surface area contributed by atoms with Crippen LogP contribution >= 0.6 is 15.9 Å². The number of hydrogen-bond donors (Lipinski definition) is 1. The summed E-state index contributed by atoms with van der Waals surface area (Å²) in [6.45, 7) is 2.40. The molecule has 0 amide bonds. The molecule has 5 nitrogen and oxygen atoms in total. The molecule has 0 saturated heterocycles. The van der Waals surface area contributed by atoms with Crippen LogP contribution in [0.2, 0.25) is 0 Å². The molecule has 3 aromatic carbocycles. The summed E-state index contributed by atoms with van der Waals surface area (Å²) in [6.07, 6.45) is 1.65. The molecule has 1 aromatic heterocycles. The summed E-state index contributed by atoms with van der Waals surface area (Å²) in [4.78, 5) is 7.35. The van der Waals surface area contributed by atoms with Gasteiger partial charge in [-0.1, -0.05) is 12.1 Å². The number of H-pyrrole nitrogens is 1. The minimum absolute atomic E-state index is 0.157. The number of imidazole rings is 1. The molecule has 4 aromatic rings. The van der Waals surface area contributed by atoms with Crippen LogP contribution in [0.1, 0.15) is 23.9 Å². The zero-order valence-electron chi connectivity index (χ0n) is 17.5. The van der Waals surface area contributed by atoms with E-state index in [2.05, 4.69) is 32.0 Å². The molecular formula is C25H18BrF2N3O2. The molecule has 0 spiro atoms. The van der Waals surface area contributed by atoms with Crippen molar-refractivity contribution in [3.05, 3.63) is 87.7 Å². The highest BCUT2D eigenvalue weighted by atomic mass is 79.9. The number of nitriles is 1. The van der Waals surface area contributed by atoms with E-state index < -0.39 is 0 Å². The van der Waals surface area contributed by atoms with Gasteiger partial charge < -0.3 is 14.5 Å². The van der Waals surface area contributed by atoms with Crippen LogP contribution in [0.5, 0.6) is 11.5 Å². The van der Waals surface area contributed by atoms with Crippen molar-refractivity contribution in [1.29, 1.82) is 5.26 Å². The van der Waals surface area contributed by atoms with Crippen molar-refractivity contribution < 1.29 is 18.3 Å². The molecule has 0 atom stereocenters. The molecule has 0 radical (unpaired) electrons. The van der Waals surface area contributed by atoms with E-state index in [0.29, 0.717) is 50.6 Å². The Morgan fingerprint density at radius 2 is 1.94 bits per heavy atom. The van der Waals surface area contributed by atoms with Gasteiger partial charge in [-0.05, 0) is 82.5 Å². The summed E-state index contributed by atoms with van der Waals surface area (Å²) in [7, 11) is 0. The molecule has 0 aliphatic heterocycles. The molecule has 0 fully saturated rings. The fourth-order valence-corrected chi connectivity index (χ4v) is 3.86. The lowest BCUT2D eigenvalue weighted by Gasteiger charge is -2.15. The van der Waals surface area contributed by atoms with Crippen LogP contribution in [0.3, 0.4) is 0 Å². The molecule has 0 aliphatic rings. The average Bonchev–Trinajstić information content (AvgIpc) is 3.20. The van der Waals surface area contributed by atoms with Crippen molar-refractivity contribution in [2.45, 2.75) is 13.5 Å². The van der Waals surface area contributed by atoms with Crippen molar-refractivity contribution >= 4 is 38.6 Å². The number of allylic oxidation sites excluding steroid dienone is 1. The number of aromatic amines is 1. The van der Waals surface area contributed by atoms with Crippen molar-refractivity contribution in [1.82, 2.24) is 9.97 Å². The van der Waals surface area contributed by atoms with Crippen LogP contribution < -0.4 is 9.47 Å². The summed E-state index contributed by atoms with van der Waals surface area (Å²) in [5, 5.41) is 9.70. The van der Waals surface area contributed by atoms with E-state index in [1.807, 2.05) is 6.92 Å². The molecule has 1 heterocycles. The Bertz CT molecular complexity index is 1390. The van der Waals surface area contributed by atoms with Gasteiger partial charge in [0.1, 0.15) is 30.1 Å². The van der Waals surface area contributed by atoms with E-state index in [0.717, 1.165) is 0 Å². The first-order valence-corrected chi connectivity index (χ1v) is 10.9. The number of fused-ring (bicyclic) bond motifs is 1. The summed E-state index contributed by atoms with van der Waals surface area (Å²) in [5.41, 5.74) is 2.69. The quantitative estimate of drug-likeness (QED) is 0.283. The third kappa shape index (κ3) is 5.21. The van der Waals surface area contributed by atoms with E-state index in [-0.39, 0.29) is 23.8 Å². The fraction of sp³-hybridized carbons (Fsp3) is 0.120. The predicted octanol–water partition coefficient (Wildman–Crippen LogP) is 6.65. The minimum atomic E-state index is -0.390. The Morgan fingerprint density at radius 1 is 1.12 bits per heavy atom. The number of nitrogens with one attached hydrogen (secondary N) is 1. The van der Waals surface area contributed by atoms with Gasteiger partial charge >= 0.3 is 0 Å². The Hall–Kier alpha value is -3.70. The lowest BCUT2D eigenvalue weighted by Crippen LogP contribution is -2.01. The first-order valence-electron chi connectivity index (χ1n) is 10.1. The van der Waals surface area contributed by atoms with Crippen LogP contribution in [-0.2, 0) is 6.61 Å². The molecule has 1 N–H and O–H groups in total. The van der Waals surface area contributed by atoms with Crippen LogP contribution in [0, 0.1) is 23.0 Å². The second-order valence-electron chi connectivity index (χ2n) is 7.10. The maximum Gasteiger partial charge on any atom is 0.175 e. The Balaban J connectivity index is 1.66. The van der Waals surface area contributed by atoms with Gasteiger partial charge in [-0.2, -0.15) is 5.26 Å². The van der Waals surface area contributed by atoms with E-state index >= 15 is 0 Å². The number of aromatic nitrogens is 2. The van der Waals surface area contributed by atoms with Gasteiger partial charge in [0, 0.05) is 0 Å². The zero-order valence-corrected chi connectivity index (χ0v) is 19.1. The van der Waals surface area contributed by atoms with Crippen LogP contribution in [0.4, 0.5) is 8.78 Å². The van der Waals surface area contributed by atoms with E-state index in [1.165, 1.54) is 24.3 Å². The second kappa shape index (κ2) is 9.84. The van der Waals surface area contributed by atoms with E-state index in [1.54, 1.807) is 36.4 Å². The lowest BCUT2D eigenvalue weighted by molar-refractivity contribution is 0.267. The van der Waals surface area contributed by atoms with E-state index in [9.17, 15) is 14.0 Å². The predicted molar refractivity (Wildman–Crippen MR) is 126 cm³/mol. The van der Waals surface area contributed by atoms with Gasteiger partial charge in [-0.25, -0.2) is 13.8 Å². The van der Waals surface area contributed by atoms with Crippen molar-refractivity contribution in [3.8, 4) is 17.6 Å². The van der Waals surface area contributed by atoms with Gasteiger partial charge in [0.25, 0.3) is 0 Å². The Labute approximate surface area is 197 Å². The van der Waals surface area contributed by atoms with Crippen LogP contribution in [0.25, 0.3) is 22.7 Å². The highest BCUT2D eigenvalue weighted by Crippen LogP contribution is 2.38. The maximum absolute atomic E-state index is 13.5. The number of halogens is 3. The van der Waals surface area contributed by atoms with Crippen molar-refractivity contribution in [3.63, 3.8) is 0 Å². The smallest absolute Gasteiger partial charge is 0.175 e. The molecule has 0 bridgehead atoms. The minimum Gasteiger partial charge on any atom is -0.490 e.